The number of aliphatic hydroxyl groups excluding tert-OH is 1. The molecule has 1 aliphatic carbocycles. The highest BCUT2D eigenvalue weighted by molar-refractivity contribution is 5.38. The maximum absolute atomic E-state index is 10.1. The SMILES string of the molecule is CCC(C)c1ccc2c(c1)[C@@H](O)CCC2C. The minimum Gasteiger partial charge on any atom is -0.388 e. The zero-order valence-corrected chi connectivity index (χ0v) is 10.5. The van der Waals surface area contributed by atoms with Crippen molar-refractivity contribution in [2.75, 3.05) is 0 Å². The molecule has 0 saturated heterocycles. The van der Waals surface area contributed by atoms with E-state index in [1.165, 1.54) is 16.7 Å². The standard InChI is InChI=1S/C15H22O/c1-4-10(2)12-6-7-13-11(3)5-8-15(16)14(13)9-12/h6-7,9-11,15-16H,4-5,8H2,1-3H3/t10?,11?,15-/m0/s1. The van der Waals surface area contributed by atoms with Crippen LogP contribution in [0.5, 0.6) is 0 Å². The third kappa shape index (κ3) is 2.01. The average molecular weight is 218 g/mol. The predicted molar refractivity (Wildman–Crippen MR) is 67.8 cm³/mol. The Hall–Kier alpha value is -0.820. The molecule has 1 aliphatic rings. The van der Waals surface area contributed by atoms with E-state index in [2.05, 4.69) is 39.0 Å². The molecule has 2 rings (SSSR count). The lowest BCUT2D eigenvalue weighted by molar-refractivity contribution is 0.151. The van der Waals surface area contributed by atoms with Crippen LogP contribution in [0.3, 0.4) is 0 Å². The molecule has 0 amide bonds. The van der Waals surface area contributed by atoms with Crippen molar-refractivity contribution in [3.8, 4) is 0 Å². The summed E-state index contributed by atoms with van der Waals surface area (Å²) >= 11 is 0. The number of aliphatic hydroxyl groups is 1. The second-order valence-electron chi connectivity index (χ2n) is 5.19. The number of rotatable bonds is 2. The quantitative estimate of drug-likeness (QED) is 0.791. The zero-order chi connectivity index (χ0) is 11.7. The van der Waals surface area contributed by atoms with Crippen LogP contribution >= 0.6 is 0 Å². The Kier molecular flexibility index (Phi) is 3.34. The number of hydrogen-bond donors (Lipinski definition) is 1. The van der Waals surface area contributed by atoms with Crippen molar-refractivity contribution in [2.45, 2.75) is 58.0 Å². The molecule has 0 fully saturated rings. The summed E-state index contributed by atoms with van der Waals surface area (Å²) in [5, 5.41) is 10.1. The Balaban J connectivity index is 2.40. The van der Waals surface area contributed by atoms with Crippen molar-refractivity contribution in [3.63, 3.8) is 0 Å². The van der Waals surface area contributed by atoms with E-state index >= 15 is 0 Å². The molecular formula is C15H22O. The normalized spacial score (nSPS) is 26.2. The first kappa shape index (κ1) is 11.7. The fourth-order valence-corrected chi connectivity index (χ4v) is 2.59. The number of benzene rings is 1. The minimum absolute atomic E-state index is 0.241. The zero-order valence-electron chi connectivity index (χ0n) is 10.5. The highest BCUT2D eigenvalue weighted by Gasteiger charge is 2.23. The van der Waals surface area contributed by atoms with Gasteiger partial charge in [0.15, 0.2) is 0 Å². The van der Waals surface area contributed by atoms with Crippen LogP contribution in [0.4, 0.5) is 0 Å². The highest BCUT2D eigenvalue weighted by Crippen LogP contribution is 2.38. The molecule has 0 spiro atoms. The summed E-state index contributed by atoms with van der Waals surface area (Å²) in [6.07, 6.45) is 2.94. The molecule has 0 radical (unpaired) electrons. The van der Waals surface area contributed by atoms with Gasteiger partial charge in [0, 0.05) is 0 Å². The lowest BCUT2D eigenvalue weighted by Gasteiger charge is -2.27. The van der Waals surface area contributed by atoms with Crippen LogP contribution in [0, 0.1) is 0 Å². The van der Waals surface area contributed by atoms with Crippen molar-refractivity contribution in [1.29, 1.82) is 0 Å². The van der Waals surface area contributed by atoms with E-state index in [1.807, 2.05) is 0 Å². The van der Waals surface area contributed by atoms with Crippen LogP contribution in [0.1, 0.15) is 74.7 Å². The fraction of sp³-hybridized carbons (Fsp3) is 0.600. The molecule has 1 N–H and O–H groups in total. The van der Waals surface area contributed by atoms with Gasteiger partial charge in [0.05, 0.1) is 6.10 Å². The van der Waals surface area contributed by atoms with E-state index in [-0.39, 0.29) is 6.10 Å². The Morgan fingerprint density at radius 2 is 2.06 bits per heavy atom. The molecule has 0 bridgehead atoms. The lowest BCUT2D eigenvalue weighted by atomic mass is 9.80. The minimum atomic E-state index is -0.241. The van der Waals surface area contributed by atoms with Gasteiger partial charge in [-0.2, -0.15) is 0 Å². The molecule has 1 nitrogen and oxygen atoms in total. The van der Waals surface area contributed by atoms with E-state index in [4.69, 9.17) is 0 Å². The lowest BCUT2D eigenvalue weighted by Crippen LogP contribution is -2.13. The summed E-state index contributed by atoms with van der Waals surface area (Å²) in [6, 6.07) is 6.69. The maximum atomic E-state index is 10.1. The van der Waals surface area contributed by atoms with Gasteiger partial charge in [0.2, 0.25) is 0 Å². The second-order valence-corrected chi connectivity index (χ2v) is 5.19. The third-order valence-corrected chi connectivity index (χ3v) is 4.06. The molecule has 88 valence electrons. The van der Waals surface area contributed by atoms with Gasteiger partial charge < -0.3 is 5.11 Å². The van der Waals surface area contributed by atoms with Gasteiger partial charge in [-0.05, 0) is 47.8 Å². The van der Waals surface area contributed by atoms with Crippen LogP contribution < -0.4 is 0 Å². The van der Waals surface area contributed by atoms with Gasteiger partial charge in [-0.1, -0.05) is 39.0 Å². The first-order chi connectivity index (χ1) is 7.63. The Bertz CT molecular complexity index is 370. The average Bonchev–Trinajstić information content (AvgIpc) is 2.32. The van der Waals surface area contributed by atoms with E-state index in [0.29, 0.717) is 11.8 Å². The van der Waals surface area contributed by atoms with Crippen LogP contribution in [-0.2, 0) is 0 Å². The van der Waals surface area contributed by atoms with Crippen molar-refractivity contribution in [2.24, 2.45) is 0 Å². The first-order valence-electron chi connectivity index (χ1n) is 6.45. The monoisotopic (exact) mass is 218 g/mol. The molecule has 1 aromatic carbocycles. The topological polar surface area (TPSA) is 20.2 Å². The Labute approximate surface area is 98.5 Å². The van der Waals surface area contributed by atoms with Gasteiger partial charge >= 0.3 is 0 Å². The molecule has 0 heterocycles. The molecule has 0 saturated carbocycles. The van der Waals surface area contributed by atoms with Crippen LogP contribution in [0.2, 0.25) is 0 Å². The van der Waals surface area contributed by atoms with E-state index in [1.54, 1.807) is 0 Å². The molecular weight excluding hydrogens is 196 g/mol. The molecule has 16 heavy (non-hydrogen) atoms. The molecule has 0 aromatic heterocycles. The number of hydrogen-bond acceptors (Lipinski definition) is 1. The molecule has 0 aliphatic heterocycles. The molecule has 2 unspecified atom stereocenters. The summed E-state index contributed by atoms with van der Waals surface area (Å²) in [5.74, 6) is 1.19. The van der Waals surface area contributed by atoms with Crippen LogP contribution in [0.25, 0.3) is 0 Å². The summed E-state index contributed by atoms with van der Waals surface area (Å²) in [4.78, 5) is 0. The first-order valence-corrected chi connectivity index (χ1v) is 6.45. The van der Waals surface area contributed by atoms with Crippen molar-refractivity contribution in [3.05, 3.63) is 34.9 Å². The maximum Gasteiger partial charge on any atom is 0.0793 e. The van der Waals surface area contributed by atoms with E-state index < -0.39 is 0 Å². The van der Waals surface area contributed by atoms with Crippen LogP contribution in [-0.4, -0.2) is 5.11 Å². The van der Waals surface area contributed by atoms with Crippen molar-refractivity contribution >= 4 is 0 Å². The summed E-state index contributed by atoms with van der Waals surface area (Å²) in [6.45, 7) is 6.72. The largest absolute Gasteiger partial charge is 0.388 e. The van der Waals surface area contributed by atoms with Gasteiger partial charge in [-0.3, -0.25) is 0 Å². The predicted octanol–water partition coefficient (Wildman–Crippen LogP) is 4.13. The molecule has 1 aromatic rings. The fourth-order valence-electron chi connectivity index (χ4n) is 2.59. The smallest absolute Gasteiger partial charge is 0.0793 e. The van der Waals surface area contributed by atoms with Gasteiger partial charge in [0.1, 0.15) is 0 Å². The molecule has 1 heteroatoms. The van der Waals surface area contributed by atoms with Crippen LogP contribution in [0.15, 0.2) is 18.2 Å². The third-order valence-electron chi connectivity index (χ3n) is 4.06. The Morgan fingerprint density at radius 3 is 2.75 bits per heavy atom. The highest BCUT2D eigenvalue weighted by atomic mass is 16.3. The summed E-state index contributed by atoms with van der Waals surface area (Å²) < 4.78 is 0. The summed E-state index contributed by atoms with van der Waals surface area (Å²) in [7, 11) is 0. The number of fused-ring (bicyclic) bond motifs is 1. The summed E-state index contributed by atoms with van der Waals surface area (Å²) in [5.41, 5.74) is 3.90. The van der Waals surface area contributed by atoms with Gasteiger partial charge in [-0.15, -0.1) is 0 Å². The van der Waals surface area contributed by atoms with Gasteiger partial charge in [-0.25, -0.2) is 0 Å². The Morgan fingerprint density at radius 1 is 1.31 bits per heavy atom. The van der Waals surface area contributed by atoms with E-state index in [0.717, 1.165) is 19.3 Å². The van der Waals surface area contributed by atoms with Crippen molar-refractivity contribution in [1.82, 2.24) is 0 Å². The van der Waals surface area contributed by atoms with Gasteiger partial charge in [0.25, 0.3) is 0 Å². The second kappa shape index (κ2) is 4.58. The van der Waals surface area contributed by atoms with Crippen molar-refractivity contribution < 1.29 is 5.11 Å². The van der Waals surface area contributed by atoms with E-state index in [9.17, 15) is 5.11 Å². The molecule has 3 atom stereocenters.